The molecule has 0 spiro atoms. The molecule has 17 heteroatoms. The number of cyclic esters (lactones) is 1. The molecule has 1 aliphatic heterocycles. The third-order valence-corrected chi connectivity index (χ3v) is 8.15. The molecule has 3 atom stereocenters. The number of imidazole rings is 1. The highest BCUT2D eigenvalue weighted by atomic mass is 35.5. The molecule has 1 aliphatic rings. The van der Waals surface area contributed by atoms with Crippen molar-refractivity contribution in [3.8, 4) is 17.3 Å². The number of carboxylic acid groups (broad SMARTS) is 1. The number of anilines is 1. The molecule has 2 aromatic carbocycles. The Kier molecular flexibility index (Phi) is 11.5. The smallest absolute Gasteiger partial charge is 0.416 e. The standard InChI is InChI=1S/C31H31ClF4N6O6/c1-38-20(28(43)44)5-3-4-6-22(27-40-21(15-37)26(41-27)16-7-9-17(10-8-16)39-29(45)47-2)42-14-13-23(48-30(42)46)24-18(31(34,35)36)11-12-19(32)25(24)33/h7-12,20,22-23,38H,3-6,13-14H2,1-2H3,(H,39,45)(H,40,41)(H,43,44)/t20-,22?,23?/m1/s1. The summed E-state index contributed by atoms with van der Waals surface area (Å²) in [5.74, 6) is -2.20. The first-order chi connectivity index (χ1) is 22.8. The van der Waals surface area contributed by atoms with Crippen LogP contribution in [-0.4, -0.2) is 64.9 Å². The number of hydrogen-bond acceptors (Lipinski definition) is 8. The fraction of sp³-hybridized carbons (Fsp3) is 0.387. The zero-order chi connectivity index (χ0) is 35.2. The van der Waals surface area contributed by atoms with Crippen molar-refractivity contribution in [3.05, 3.63) is 69.9 Å². The summed E-state index contributed by atoms with van der Waals surface area (Å²) in [7, 11) is 2.73. The number of hydrogen-bond donors (Lipinski definition) is 4. The van der Waals surface area contributed by atoms with Crippen molar-refractivity contribution in [1.29, 1.82) is 5.26 Å². The average Bonchev–Trinajstić information content (AvgIpc) is 3.48. The predicted molar refractivity (Wildman–Crippen MR) is 163 cm³/mol. The topological polar surface area (TPSA) is 170 Å². The Morgan fingerprint density at radius 1 is 1.23 bits per heavy atom. The van der Waals surface area contributed by atoms with E-state index in [0.29, 0.717) is 35.9 Å². The SMILES string of the molecule is CN[C@H](CCCCC(c1nc(C#N)c(-c2ccc(NC(=O)OC)cc2)[nH]1)N1CCC(c2c(C(F)(F)F)ccc(Cl)c2F)OC1=O)C(=O)O. The molecule has 48 heavy (non-hydrogen) atoms. The maximum atomic E-state index is 15.0. The number of amides is 2. The summed E-state index contributed by atoms with van der Waals surface area (Å²) >= 11 is 5.80. The molecule has 1 fully saturated rings. The Balaban J connectivity index is 1.64. The van der Waals surface area contributed by atoms with E-state index >= 15 is 0 Å². The number of nitrogens with one attached hydrogen (secondary N) is 3. The van der Waals surface area contributed by atoms with Gasteiger partial charge >= 0.3 is 24.3 Å². The number of halogens is 5. The van der Waals surface area contributed by atoms with Gasteiger partial charge in [0.15, 0.2) is 5.69 Å². The lowest BCUT2D eigenvalue weighted by molar-refractivity contribution is -0.140. The van der Waals surface area contributed by atoms with E-state index in [1.54, 1.807) is 24.3 Å². The summed E-state index contributed by atoms with van der Waals surface area (Å²) in [6, 6.07) is 8.08. The van der Waals surface area contributed by atoms with E-state index in [1.807, 2.05) is 6.07 Å². The first-order valence-electron chi connectivity index (χ1n) is 14.7. The van der Waals surface area contributed by atoms with Gasteiger partial charge < -0.3 is 24.9 Å². The van der Waals surface area contributed by atoms with E-state index in [4.69, 9.17) is 16.3 Å². The van der Waals surface area contributed by atoms with Gasteiger partial charge in [-0.1, -0.05) is 36.6 Å². The van der Waals surface area contributed by atoms with Crippen LogP contribution in [0.15, 0.2) is 36.4 Å². The molecule has 2 heterocycles. The number of carbonyl (C=O) groups excluding carboxylic acids is 2. The molecule has 256 valence electrons. The van der Waals surface area contributed by atoms with E-state index < -0.39 is 64.5 Å². The normalized spacial score (nSPS) is 16.1. The van der Waals surface area contributed by atoms with E-state index in [2.05, 4.69) is 25.3 Å². The highest BCUT2D eigenvalue weighted by molar-refractivity contribution is 6.30. The minimum absolute atomic E-state index is 0.0242. The van der Waals surface area contributed by atoms with Crippen LogP contribution in [0.1, 0.15) is 66.9 Å². The number of H-pyrrole nitrogens is 1. The molecule has 2 unspecified atom stereocenters. The van der Waals surface area contributed by atoms with Crippen LogP contribution in [0, 0.1) is 17.1 Å². The summed E-state index contributed by atoms with van der Waals surface area (Å²) in [4.78, 5) is 45.1. The number of aromatic nitrogens is 2. The van der Waals surface area contributed by atoms with E-state index in [9.17, 15) is 42.3 Å². The summed E-state index contributed by atoms with van der Waals surface area (Å²) < 4.78 is 66.3. The minimum atomic E-state index is -4.94. The molecule has 12 nitrogen and oxygen atoms in total. The van der Waals surface area contributed by atoms with Crippen LogP contribution in [-0.2, 0) is 20.4 Å². The number of aliphatic carboxylic acids is 1. The Labute approximate surface area is 277 Å². The highest BCUT2D eigenvalue weighted by Gasteiger charge is 2.42. The van der Waals surface area contributed by atoms with E-state index in [-0.39, 0.29) is 37.3 Å². The number of alkyl halides is 3. The number of carboxylic acids is 1. The van der Waals surface area contributed by atoms with Gasteiger partial charge in [-0.05, 0) is 44.2 Å². The molecular formula is C31H31ClF4N6O6. The quantitative estimate of drug-likeness (QED) is 0.118. The van der Waals surface area contributed by atoms with Gasteiger partial charge in [0.1, 0.15) is 29.9 Å². The number of rotatable bonds is 12. The third kappa shape index (κ3) is 8.15. The van der Waals surface area contributed by atoms with Gasteiger partial charge in [0.2, 0.25) is 0 Å². The zero-order valence-corrected chi connectivity index (χ0v) is 26.4. The van der Waals surface area contributed by atoms with Crippen LogP contribution in [0.5, 0.6) is 0 Å². The third-order valence-electron chi connectivity index (χ3n) is 7.86. The fourth-order valence-corrected chi connectivity index (χ4v) is 5.62. The van der Waals surface area contributed by atoms with Crippen molar-refractivity contribution < 1.29 is 46.5 Å². The fourth-order valence-electron chi connectivity index (χ4n) is 5.46. The van der Waals surface area contributed by atoms with Gasteiger partial charge in [-0.3, -0.25) is 15.0 Å². The van der Waals surface area contributed by atoms with E-state index in [1.165, 1.54) is 19.1 Å². The number of benzene rings is 2. The van der Waals surface area contributed by atoms with Gasteiger partial charge in [-0.2, -0.15) is 18.4 Å². The van der Waals surface area contributed by atoms with Crippen molar-refractivity contribution in [2.45, 2.75) is 56.5 Å². The lowest BCUT2D eigenvalue weighted by atomic mass is 9.97. The predicted octanol–water partition coefficient (Wildman–Crippen LogP) is 6.80. The minimum Gasteiger partial charge on any atom is -0.480 e. The molecule has 4 N–H and O–H groups in total. The van der Waals surface area contributed by atoms with Gasteiger partial charge in [-0.15, -0.1) is 0 Å². The van der Waals surface area contributed by atoms with Crippen LogP contribution in [0.3, 0.4) is 0 Å². The number of nitriles is 1. The Morgan fingerprint density at radius 3 is 2.50 bits per heavy atom. The van der Waals surface area contributed by atoms with Gasteiger partial charge in [0, 0.05) is 29.8 Å². The summed E-state index contributed by atoms with van der Waals surface area (Å²) in [6.45, 7) is -0.169. The van der Waals surface area contributed by atoms with Crippen LogP contribution in [0.2, 0.25) is 5.02 Å². The maximum Gasteiger partial charge on any atom is 0.416 e. The number of ether oxygens (including phenoxy) is 2. The van der Waals surface area contributed by atoms with Crippen molar-refractivity contribution in [2.24, 2.45) is 0 Å². The second-order valence-electron chi connectivity index (χ2n) is 10.8. The van der Waals surface area contributed by atoms with E-state index in [0.717, 1.165) is 6.07 Å². The molecule has 4 rings (SSSR count). The second-order valence-corrected chi connectivity index (χ2v) is 11.2. The van der Waals surface area contributed by atoms with Crippen molar-refractivity contribution in [2.75, 3.05) is 26.0 Å². The number of carbonyl (C=O) groups is 3. The van der Waals surface area contributed by atoms with Crippen LogP contribution < -0.4 is 10.6 Å². The second kappa shape index (κ2) is 15.3. The Hall–Kier alpha value is -4.88. The van der Waals surface area contributed by atoms with Crippen LogP contribution >= 0.6 is 11.6 Å². The molecule has 0 bridgehead atoms. The summed E-state index contributed by atoms with van der Waals surface area (Å²) in [5, 5.41) is 23.9. The molecular weight excluding hydrogens is 664 g/mol. The lowest BCUT2D eigenvalue weighted by Crippen LogP contribution is -2.42. The number of methoxy groups -OCH3 is 1. The maximum absolute atomic E-state index is 15.0. The molecule has 1 saturated heterocycles. The Morgan fingerprint density at radius 2 is 1.92 bits per heavy atom. The largest absolute Gasteiger partial charge is 0.480 e. The first kappa shape index (κ1) is 36.0. The monoisotopic (exact) mass is 694 g/mol. The molecule has 0 saturated carbocycles. The molecule has 0 radical (unpaired) electrons. The van der Waals surface area contributed by atoms with Gasteiger partial charge in [-0.25, -0.2) is 19.0 Å². The average molecular weight is 695 g/mol. The number of nitrogens with zero attached hydrogens (tertiary/aromatic N) is 3. The molecule has 0 aliphatic carbocycles. The molecule has 2 amide bonds. The number of likely N-dealkylation sites (N-methyl/N-ethyl adjacent to an activating group) is 1. The Bertz CT molecular complexity index is 1690. The molecule has 1 aromatic heterocycles. The van der Waals surface area contributed by atoms with Gasteiger partial charge in [0.05, 0.1) is 29.4 Å². The van der Waals surface area contributed by atoms with Crippen molar-refractivity contribution >= 4 is 35.4 Å². The van der Waals surface area contributed by atoms with Crippen LogP contribution in [0.25, 0.3) is 11.3 Å². The summed E-state index contributed by atoms with van der Waals surface area (Å²) in [5.41, 5.74) is -0.991. The molecule has 3 aromatic rings. The van der Waals surface area contributed by atoms with Gasteiger partial charge in [0.25, 0.3) is 0 Å². The zero-order valence-electron chi connectivity index (χ0n) is 25.7. The van der Waals surface area contributed by atoms with Crippen molar-refractivity contribution in [1.82, 2.24) is 20.2 Å². The first-order valence-corrected chi connectivity index (χ1v) is 15.0. The highest BCUT2D eigenvalue weighted by Crippen LogP contribution is 2.43. The summed E-state index contributed by atoms with van der Waals surface area (Å²) in [6.07, 6.45) is -7.22. The number of aromatic amines is 1. The lowest BCUT2D eigenvalue weighted by Gasteiger charge is -2.37. The van der Waals surface area contributed by atoms with Crippen molar-refractivity contribution in [3.63, 3.8) is 0 Å². The van der Waals surface area contributed by atoms with Crippen LogP contribution in [0.4, 0.5) is 32.8 Å². The number of unbranched alkanes of at least 4 members (excludes halogenated alkanes) is 1.